The van der Waals surface area contributed by atoms with Crippen molar-refractivity contribution in [3.8, 4) is 0 Å². The van der Waals surface area contributed by atoms with Gasteiger partial charge >= 0.3 is 5.97 Å². The average molecular weight is 212 g/mol. The number of nitrogens with zero attached hydrogens (tertiary/aromatic N) is 1. The largest absolute Gasteiger partial charge is 0.468 e. The van der Waals surface area contributed by atoms with Crippen molar-refractivity contribution in [3.05, 3.63) is 0 Å². The molecule has 0 radical (unpaired) electrons. The lowest BCUT2D eigenvalue weighted by molar-refractivity contribution is -0.148. The number of likely N-dealkylation sites (tertiary alicyclic amines) is 1. The zero-order valence-corrected chi connectivity index (χ0v) is 9.58. The van der Waals surface area contributed by atoms with E-state index in [-0.39, 0.29) is 5.97 Å². The Balaban J connectivity index is 1.97. The van der Waals surface area contributed by atoms with E-state index in [0.29, 0.717) is 0 Å². The summed E-state index contributed by atoms with van der Waals surface area (Å²) in [5.74, 6) is 0.685. The second-order valence-corrected chi connectivity index (χ2v) is 4.89. The molecule has 1 N–H and O–H groups in total. The van der Waals surface area contributed by atoms with Crippen LogP contribution in [0.25, 0.3) is 0 Å². The fourth-order valence-corrected chi connectivity index (χ4v) is 2.24. The molecule has 15 heavy (non-hydrogen) atoms. The monoisotopic (exact) mass is 212 g/mol. The zero-order chi connectivity index (χ0) is 10.9. The van der Waals surface area contributed by atoms with E-state index in [1.54, 1.807) is 0 Å². The number of hydrogen-bond acceptors (Lipinski definition) is 4. The third kappa shape index (κ3) is 2.32. The van der Waals surface area contributed by atoms with Crippen LogP contribution >= 0.6 is 0 Å². The smallest absolute Gasteiger partial charge is 0.327 e. The molecule has 2 rings (SSSR count). The highest BCUT2D eigenvalue weighted by molar-refractivity contribution is 5.81. The molecule has 0 aromatic carbocycles. The van der Waals surface area contributed by atoms with Crippen molar-refractivity contribution >= 4 is 5.97 Å². The number of carbonyl (C=O) groups is 1. The van der Waals surface area contributed by atoms with Crippen LogP contribution < -0.4 is 5.32 Å². The first-order valence-corrected chi connectivity index (χ1v) is 5.68. The van der Waals surface area contributed by atoms with Crippen LogP contribution in [0.4, 0.5) is 0 Å². The van der Waals surface area contributed by atoms with Crippen LogP contribution in [0.3, 0.4) is 0 Å². The van der Waals surface area contributed by atoms with Crippen LogP contribution in [0.2, 0.25) is 0 Å². The highest BCUT2D eigenvalue weighted by atomic mass is 16.5. The second kappa shape index (κ2) is 4.10. The lowest BCUT2D eigenvalue weighted by Crippen LogP contribution is -2.55. The van der Waals surface area contributed by atoms with Gasteiger partial charge in [0, 0.05) is 13.1 Å². The van der Waals surface area contributed by atoms with Gasteiger partial charge in [0.25, 0.3) is 0 Å². The lowest BCUT2D eigenvalue weighted by atomic mass is 9.98. The maximum absolute atomic E-state index is 11.8. The summed E-state index contributed by atoms with van der Waals surface area (Å²) in [5.41, 5.74) is -0.438. The van der Waals surface area contributed by atoms with E-state index in [2.05, 4.69) is 10.2 Å². The fourth-order valence-electron chi connectivity index (χ4n) is 2.24. The fraction of sp³-hybridized carbons (Fsp3) is 0.909. The minimum absolute atomic E-state index is 0.104. The predicted molar refractivity (Wildman–Crippen MR) is 57.6 cm³/mol. The molecule has 0 bridgehead atoms. The van der Waals surface area contributed by atoms with Gasteiger partial charge in [-0.3, -0.25) is 4.79 Å². The maximum Gasteiger partial charge on any atom is 0.327 e. The highest BCUT2D eigenvalue weighted by Gasteiger charge is 2.45. The first kappa shape index (κ1) is 10.9. The Morgan fingerprint density at radius 3 is 2.80 bits per heavy atom. The normalized spacial score (nSPS) is 31.9. The first-order chi connectivity index (χ1) is 7.16. The summed E-state index contributed by atoms with van der Waals surface area (Å²) in [7, 11) is 3.52. The van der Waals surface area contributed by atoms with Crippen molar-refractivity contribution in [2.75, 3.05) is 33.8 Å². The first-order valence-electron chi connectivity index (χ1n) is 5.68. The molecule has 0 spiro atoms. The Kier molecular flexibility index (Phi) is 2.98. The number of likely N-dealkylation sites (N-methyl/N-ethyl adjacent to an activating group) is 1. The molecule has 0 aromatic heterocycles. The van der Waals surface area contributed by atoms with Gasteiger partial charge in [0.2, 0.25) is 0 Å². The standard InChI is InChI=1S/C11H20N2O2/c1-13-6-5-11(8-13,10(14)15-2)12-7-9-3-4-9/h9,12H,3-8H2,1-2H3. The maximum atomic E-state index is 11.8. The minimum Gasteiger partial charge on any atom is -0.468 e. The number of rotatable bonds is 4. The van der Waals surface area contributed by atoms with Crippen molar-refractivity contribution in [2.24, 2.45) is 5.92 Å². The van der Waals surface area contributed by atoms with Crippen LogP contribution in [0.1, 0.15) is 19.3 Å². The van der Waals surface area contributed by atoms with Crippen LogP contribution in [0.15, 0.2) is 0 Å². The molecule has 1 aliphatic carbocycles. The average Bonchev–Trinajstić information content (AvgIpc) is 2.99. The Bertz CT molecular complexity index is 253. The van der Waals surface area contributed by atoms with Crippen molar-refractivity contribution in [3.63, 3.8) is 0 Å². The molecule has 1 saturated heterocycles. The molecule has 1 heterocycles. The van der Waals surface area contributed by atoms with Crippen molar-refractivity contribution in [1.29, 1.82) is 0 Å². The van der Waals surface area contributed by atoms with Crippen molar-refractivity contribution in [1.82, 2.24) is 10.2 Å². The minimum atomic E-state index is -0.438. The molecule has 4 heteroatoms. The van der Waals surface area contributed by atoms with Gasteiger partial charge in [-0.05, 0) is 38.8 Å². The van der Waals surface area contributed by atoms with Gasteiger partial charge in [0.15, 0.2) is 0 Å². The van der Waals surface area contributed by atoms with Gasteiger partial charge in [-0.2, -0.15) is 0 Å². The van der Waals surface area contributed by atoms with E-state index in [9.17, 15) is 4.79 Å². The molecule has 2 fully saturated rings. The van der Waals surface area contributed by atoms with Gasteiger partial charge in [-0.1, -0.05) is 0 Å². The van der Waals surface area contributed by atoms with E-state index in [0.717, 1.165) is 32.0 Å². The molecule has 2 aliphatic rings. The number of nitrogens with one attached hydrogen (secondary N) is 1. The highest BCUT2D eigenvalue weighted by Crippen LogP contribution is 2.30. The van der Waals surface area contributed by atoms with E-state index in [1.807, 2.05) is 7.05 Å². The van der Waals surface area contributed by atoms with Crippen molar-refractivity contribution < 1.29 is 9.53 Å². The Labute approximate surface area is 91.0 Å². The van der Waals surface area contributed by atoms with E-state index >= 15 is 0 Å². The van der Waals surface area contributed by atoms with E-state index < -0.39 is 5.54 Å². The Hall–Kier alpha value is -0.610. The predicted octanol–water partition coefficient (Wildman–Crippen LogP) is 0.233. The van der Waals surface area contributed by atoms with Gasteiger partial charge in [0.1, 0.15) is 5.54 Å². The third-order valence-electron chi connectivity index (χ3n) is 3.46. The Morgan fingerprint density at radius 1 is 1.60 bits per heavy atom. The summed E-state index contributed by atoms with van der Waals surface area (Å²) in [6.07, 6.45) is 3.48. The summed E-state index contributed by atoms with van der Waals surface area (Å²) in [6.45, 7) is 2.70. The van der Waals surface area contributed by atoms with Crippen LogP contribution in [-0.4, -0.2) is 50.2 Å². The third-order valence-corrected chi connectivity index (χ3v) is 3.46. The van der Waals surface area contributed by atoms with E-state index in [1.165, 1.54) is 20.0 Å². The number of ether oxygens (including phenoxy) is 1. The lowest BCUT2D eigenvalue weighted by Gasteiger charge is -2.27. The molecule has 4 nitrogen and oxygen atoms in total. The summed E-state index contributed by atoms with van der Waals surface area (Å²) in [4.78, 5) is 14.0. The van der Waals surface area contributed by atoms with Crippen LogP contribution in [0, 0.1) is 5.92 Å². The van der Waals surface area contributed by atoms with Gasteiger partial charge < -0.3 is 15.0 Å². The van der Waals surface area contributed by atoms with Gasteiger partial charge in [-0.25, -0.2) is 0 Å². The molecule has 1 unspecified atom stereocenters. The molecule has 1 saturated carbocycles. The van der Waals surface area contributed by atoms with Crippen molar-refractivity contribution in [2.45, 2.75) is 24.8 Å². The number of methoxy groups -OCH3 is 1. The molecule has 86 valence electrons. The number of hydrogen-bond donors (Lipinski definition) is 1. The van der Waals surface area contributed by atoms with E-state index in [4.69, 9.17) is 4.74 Å². The topological polar surface area (TPSA) is 41.6 Å². The molecule has 1 atom stereocenters. The molecular formula is C11H20N2O2. The van der Waals surface area contributed by atoms with Crippen LogP contribution in [0.5, 0.6) is 0 Å². The number of carbonyl (C=O) groups excluding carboxylic acids is 1. The molecule has 0 aromatic rings. The summed E-state index contributed by atoms with van der Waals surface area (Å²) in [5, 5.41) is 3.42. The SMILES string of the molecule is COC(=O)C1(NCC2CC2)CCN(C)C1. The number of esters is 1. The summed E-state index contributed by atoms with van der Waals surface area (Å²) < 4.78 is 4.91. The van der Waals surface area contributed by atoms with Gasteiger partial charge in [0.05, 0.1) is 7.11 Å². The summed E-state index contributed by atoms with van der Waals surface area (Å²) >= 11 is 0. The zero-order valence-electron chi connectivity index (χ0n) is 9.58. The second-order valence-electron chi connectivity index (χ2n) is 4.89. The Morgan fingerprint density at radius 2 is 2.33 bits per heavy atom. The summed E-state index contributed by atoms with van der Waals surface area (Å²) in [6, 6.07) is 0. The molecular weight excluding hydrogens is 192 g/mol. The van der Waals surface area contributed by atoms with Crippen LogP contribution in [-0.2, 0) is 9.53 Å². The molecule has 1 aliphatic heterocycles. The molecule has 0 amide bonds. The quantitative estimate of drug-likeness (QED) is 0.678. The van der Waals surface area contributed by atoms with Gasteiger partial charge in [-0.15, -0.1) is 0 Å².